The summed E-state index contributed by atoms with van der Waals surface area (Å²) >= 11 is 5.74. The van der Waals surface area contributed by atoms with Crippen molar-refractivity contribution < 1.29 is 4.79 Å². The Morgan fingerprint density at radius 2 is 1.93 bits per heavy atom. The number of carbonyl (C=O) groups excluding carboxylic acids is 1. The fourth-order valence-electron chi connectivity index (χ4n) is 0.964. The molecule has 0 aromatic heterocycles. The predicted molar refractivity (Wildman–Crippen MR) is 60.3 cm³/mol. The van der Waals surface area contributed by atoms with Gasteiger partial charge in [0.15, 0.2) is 0 Å². The van der Waals surface area contributed by atoms with Crippen LogP contribution in [0.1, 0.15) is 12.5 Å². The van der Waals surface area contributed by atoms with E-state index >= 15 is 0 Å². The third-order valence-electron chi connectivity index (χ3n) is 1.74. The Hall–Kier alpha value is -1.34. The summed E-state index contributed by atoms with van der Waals surface area (Å²) in [6, 6.07) is 7.51. The molecule has 0 amide bonds. The zero-order valence-corrected chi connectivity index (χ0v) is 8.66. The smallest absolute Gasteiger partial charge is 0.143 e. The van der Waals surface area contributed by atoms with E-state index in [4.69, 9.17) is 11.6 Å². The Balaban J connectivity index is 2.73. The van der Waals surface area contributed by atoms with E-state index in [9.17, 15) is 4.79 Å². The molecule has 0 bridgehead atoms. The first-order valence-electron chi connectivity index (χ1n) is 4.28. The molecule has 0 unspecified atom stereocenters. The van der Waals surface area contributed by atoms with Crippen molar-refractivity contribution in [2.24, 2.45) is 0 Å². The quantitative estimate of drug-likeness (QED) is 0.420. The Bertz CT molecular complexity index is 360. The lowest BCUT2D eigenvalue weighted by molar-refractivity contribution is -0.104. The van der Waals surface area contributed by atoms with Gasteiger partial charge >= 0.3 is 0 Å². The van der Waals surface area contributed by atoms with Gasteiger partial charge in [0.05, 0.1) is 0 Å². The number of rotatable bonds is 3. The van der Waals surface area contributed by atoms with E-state index in [0.29, 0.717) is 0 Å². The van der Waals surface area contributed by atoms with Crippen molar-refractivity contribution in [2.45, 2.75) is 6.92 Å². The van der Waals surface area contributed by atoms with Crippen LogP contribution in [0.5, 0.6) is 0 Å². The van der Waals surface area contributed by atoms with Crippen molar-refractivity contribution in [1.29, 1.82) is 0 Å². The van der Waals surface area contributed by atoms with Crippen LogP contribution in [0.15, 0.2) is 42.0 Å². The fraction of sp³-hybridized carbons (Fsp3) is 0.0833. The molecular weight excluding hydrogens is 196 g/mol. The van der Waals surface area contributed by atoms with Crippen LogP contribution in [0, 0.1) is 0 Å². The maximum Gasteiger partial charge on any atom is 0.143 e. The van der Waals surface area contributed by atoms with Crippen molar-refractivity contribution in [3.8, 4) is 0 Å². The molecule has 2 heteroatoms. The van der Waals surface area contributed by atoms with E-state index in [-0.39, 0.29) is 0 Å². The summed E-state index contributed by atoms with van der Waals surface area (Å²) in [6.07, 6.45) is 6.12. The molecule has 0 atom stereocenters. The van der Waals surface area contributed by atoms with Gasteiger partial charge in [-0.2, -0.15) is 0 Å². The van der Waals surface area contributed by atoms with E-state index < -0.39 is 0 Å². The number of carbonyl (C=O) groups is 1. The third-order valence-corrected chi connectivity index (χ3v) is 1.99. The largest absolute Gasteiger partial charge is 0.299 e. The molecule has 0 fully saturated rings. The summed E-state index contributed by atoms with van der Waals surface area (Å²) in [7, 11) is 0. The first-order valence-corrected chi connectivity index (χ1v) is 4.66. The molecule has 0 radical (unpaired) electrons. The van der Waals surface area contributed by atoms with Crippen LogP contribution in [0.2, 0.25) is 5.02 Å². The lowest BCUT2D eigenvalue weighted by Crippen LogP contribution is -1.73. The summed E-state index contributed by atoms with van der Waals surface area (Å²) in [5.41, 5.74) is 1.99. The monoisotopic (exact) mass is 206 g/mol. The highest BCUT2D eigenvalue weighted by Crippen LogP contribution is 2.11. The van der Waals surface area contributed by atoms with Gasteiger partial charge in [0.2, 0.25) is 0 Å². The Labute approximate surface area is 88.7 Å². The van der Waals surface area contributed by atoms with E-state index in [1.54, 1.807) is 0 Å². The first-order chi connectivity index (χ1) is 6.72. The summed E-state index contributed by atoms with van der Waals surface area (Å²) in [5, 5.41) is 0.724. The highest BCUT2D eigenvalue weighted by atomic mass is 35.5. The molecule has 1 aromatic carbocycles. The third kappa shape index (κ3) is 3.58. The van der Waals surface area contributed by atoms with Crippen LogP contribution >= 0.6 is 11.6 Å². The molecule has 1 rings (SSSR count). The Morgan fingerprint density at radius 3 is 2.50 bits per heavy atom. The van der Waals surface area contributed by atoms with Gasteiger partial charge in [-0.3, -0.25) is 4.79 Å². The van der Waals surface area contributed by atoms with Crippen LogP contribution in [0.3, 0.4) is 0 Å². The molecule has 0 saturated carbocycles. The molecule has 1 aromatic rings. The van der Waals surface area contributed by atoms with Gasteiger partial charge in [0.25, 0.3) is 0 Å². The Kier molecular flexibility index (Phi) is 4.14. The minimum absolute atomic E-state index is 0.724. The molecule has 0 aliphatic heterocycles. The van der Waals surface area contributed by atoms with E-state index in [1.807, 2.05) is 43.3 Å². The predicted octanol–water partition coefficient (Wildman–Crippen LogP) is 3.50. The minimum Gasteiger partial charge on any atom is -0.299 e. The summed E-state index contributed by atoms with van der Waals surface area (Å²) in [5.74, 6) is 0. The Morgan fingerprint density at radius 1 is 1.29 bits per heavy atom. The zero-order valence-electron chi connectivity index (χ0n) is 7.91. The van der Waals surface area contributed by atoms with Crippen LogP contribution in [-0.2, 0) is 4.79 Å². The number of hydrogen-bond acceptors (Lipinski definition) is 1. The van der Waals surface area contributed by atoms with Crippen LogP contribution in [0.4, 0.5) is 0 Å². The molecule has 0 saturated heterocycles. The molecule has 72 valence electrons. The number of benzene rings is 1. The molecule has 14 heavy (non-hydrogen) atoms. The van der Waals surface area contributed by atoms with Crippen molar-refractivity contribution in [3.63, 3.8) is 0 Å². The second-order valence-electron chi connectivity index (χ2n) is 2.93. The number of allylic oxidation sites excluding steroid dienone is 3. The second kappa shape index (κ2) is 5.40. The standard InChI is InChI=1S/C12H11ClO/c1-10(8-9-14)2-3-11-4-6-12(13)7-5-11/h2-9H,1H3/b3-2+,10-8-. The summed E-state index contributed by atoms with van der Waals surface area (Å²) in [6.45, 7) is 1.88. The average Bonchev–Trinajstić information content (AvgIpc) is 2.17. The molecular formula is C12H11ClO. The summed E-state index contributed by atoms with van der Waals surface area (Å²) in [4.78, 5) is 10.1. The minimum atomic E-state index is 0.724. The van der Waals surface area contributed by atoms with E-state index in [1.165, 1.54) is 6.08 Å². The van der Waals surface area contributed by atoms with Crippen LogP contribution in [-0.4, -0.2) is 6.29 Å². The van der Waals surface area contributed by atoms with Crippen LogP contribution in [0.25, 0.3) is 6.08 Å². The van der Waals surface area contributed by atoms with Crippen molar-refractivity contribution in [2.75, 3.05) is 0 Å². The number of halogens is 1. The molecule has 0 N–H and O–H groups in total. The first kappa shape index (κ1) is 10.7. The lowest BCUT2D eigenvalue weighted by Gasteiger charge is -1.93. The number of aldehydes is 1. The second-order valence-corrected chi connectivity index (χ2v) is 3.37. The van der Waals surface area contributed by atoms with Crippen molar-refractivity contribution in [3.05, 3.63) is 52.6 Å². The zero-order chi connectivity index (χ0) is 10.4. The van der Waals surface area contributed by atoms with Gasteiger partial charge in [-0.1, -0.05) is 35.9 Å². The number of hydrogen-bond donors (Lipinski definition) is 0. The topological polar surface area (TPSA) is 17.1 Å². The molecule has 0 aliphatic carbocycles. The molecule has 1 nitrogen and oxygen atoms in total. The van der Waals surface area contributed by atoms with Gasteiger partial charge in [-0.05, 0) is 36.3 Å². The normalized spacial score (nSPS) is 12.0. The molecule has 0 spiro atoms. The molecule has 0 heterocycles. The lowest BCUT2D eigenvalue weighted by atomic mass is 10.2. The average molecular weight is 207 g/mol. The SMILES string of the molecule is CC(=C/C=O)/C=C/c1ccc(Cl)cc1. The van der Waals surface area contributed by atoms with Gasteiger partial charge in [-0.15, -0.1) is 0 Å². The van der Waals surface area contributed by atoms with Crippen LogP contribution < -0.4 is 0 Å². The van der Waals surface area contributed by atoms with E-state index in [2.05, 4.69) is 0 Å². The van der Waals surface area contributed by atoms with Gasteiger partial charge in [-0.25, -0.2) is 0 Å². The maximum absolute atomic E-state index is 10.1. The van der Waals surface area contributed by atoms with Crippen molar-refractivity contribution >= 4 is 24.0 Å². The maximum atomic E-state index is 10.1. The van der Waals surface area contributed by atoms with Gasteiger partial charge < -0.3 is 0 Å². The van der Waals surface area contributed by atoms with Crippen molar-refractivity contribution in [1.82, 2.24) is 0 Å². The fourth-order valence-corrected chi connectivity index (χ4v) is 1.09. The van der Waals surface area contributed by atoms with Gasteiger partial charge in [0.1, 0.15) is 6.29 Å². The van der Waals surface area contributed by atoms with Gasteiger partial charge in [0, 0.05) is 5.02 Å². The van der Waals surface area contributed by atoms with E-state index in [0.717, 1.165) is 22.4 Å². The highest BCUT2D eigenvalue weighted by molar-refractivity contribution is 6.30. The molecule has 0 aliphatic rings. The highest BCUT2D eigenvalue weighted by Gasteiger charge is 1.87. The summed E-state index contributed by atoms with van der Waals surface area (Å²) < 4.78 is 0.